The zero-order valence-electron chi connectivity index (χ0n) is 19.3. The summed E-state index contributed by atoms with van der Waals surface area (Å²) in [5.41, 5.74) is 0. The Kier molecular flexibility index (Phi) is 16.0. The van der Waals surface area contributed by atoms with Crippen LogP contribution in [0.1, 0.15) is 96.8 Å². The first-order valence-corrected chi connectivity index (χ1v) is 11.5. The average molecular weight is 416 g/mol. The van der Waals surface area contributed by atoms with E-state index in [1.54, 1.807) is 0 Å². The van der Waals surface area contributed by atoms with Crippen molar-refractivity contribution >= 4 is 11.9 Å². The van der Waals surface area contributed by atoms with Crippen LogP contribution in [0.2, 0.25) is 0 Å². The van der Waals surface area contributed by atoms with Crippen molar-refractivity contribution < 1.29 is 29.0 Å². The molecule has 6 heteroatoms. The van der Waals surface area contributed by atoms with Crippen LogP contribution in [-0.4, -0.2) is 61.4 Å². The van der Waals surface area contributed by atoms with Crippen molar-refractivity contribution in [3.63, 3.8) is 0 Å². The topological polar surface area (TPSA) is 86.7 Å². The van der Waals surface area contributed by atoms with Crippen molar-refractivity contribution in [1.82, 2.24) is 0 Å². The number of carbonyl (C=O) groups excluding carboxylic acids is 2. The molecule has 172 valence electrons. The maximum atomic E-state index is 12.0. The molecule has 6 nitrogen and oxygen atoms in total. The van der Waals surface area contributed by atoms with Gasteiger partial charge in [0, 0.05) is 18.8 Å². The Bertz CT molecular complexity index is 433. The van der Waals surface area contributed by atoms with Crippen LogP contribution in [0.5, 0.6) is 0 Å². The molecule has 0 amide bonds. The minimum Gasteiger partial charge on any atom is -0.550 e. The summed E-state index contributed by atoms with van der Waals surface area (Å²) in [6.07, 6.45) is 12.0. The van der Waals surface area contributed by atoms with Crippen LogP contribution in [0.4, 0.5) is 0 Å². The van der Waals surface area contributed by atoms with Gasteiger partial charge in [0.1, 0.15) is 6.54 Å². The van der Waals surface area contributed by atoms with Gasteiger partial charge in [0.15, 0.2) is 6.10 Å². The van der Waals surface area contributed by atoms with Crippen LogP contribution in [0.3, 0.4) is 0 Å². The third kappa shape index (κ3) is 19.9. The molecule has 0 aliphatic carbocycles. The van der Waals surface area contributed by atoms with Crippen molar-refractivity contribution in [2.45, 2.75) is 109 Å². The number of hydrogen-bond acceptors (Lipinski definition) is 5. The van der Waals surface area contributed by atoms with Gasteiger partial charge >= 0.3 is 5.97 Å². The van der Waals surface area contributed by atoms with E-state index in [-0.39, 0.29) is 18.5 Å². The lowest BCUT2D eigenvalue weighted by atomic mass is 10.0. The lowest BCUT2D eigenvalue weighted by Gasteiger charge is -2.29. The normalized spacial score (nSPS) is 13.8. The highest BCUT2D eigenvalue weighted by atomic mass is 16.5. The Balaban J connectivity index is 3.73. The van der Waals surface area contributed by atoms with Crippen molar-refractivity contribution in [3.8, 4) is 0 Å². The zero-order chi connectivity index (χ0) is 22.1. The largest absolute Gasteiger partial charge is 0.550 e. The van der Waals surface area contributed by atoms with Crippen LogP contribution < -0.4 is 5.11 Å². The summed E-state index contributed by atoms with van der Waals surface area (Å²) in [4.78, 5) is 22.8. The predicted molar refractivity (Wildman–Crippen MR) is 114 cm³/mol. The second kappa shape index (κ2) is 16.6. The van der Waals surface area contributed by atoms with E-state index in [1.807, 2.05) is 21.1 Å². The molecule has 0 heterocycles. The Morgan fingerprint density at radius 1 is 0.897 bits per heavy atom. The minimum atomic E-state index is -1.19. The SMILES string of the molecule is CCCCCCC(O)CCCCCCCCC(=O)OC(CC(=O)[O-])C[N+](C)(C)C. The molecule has 0 spiro atoms. The molecule has 0 aliphatic heterocycles. The number of quaternary nitrogens is 1. The first-order valence-electron chi connectivity index (χ1n) is 11.5. The highest BCUT2D eigenvalue weighted by molar-refractivity contribution is 5.70. The fourth-order valence-electron chi connectivity index (χ4n) is 3.49. The molecule has 29 heavy (non-hydrogen) atoms. The zero-order valence-corrected chi connectivity index (χ0v) is 19.3. The maximum absolute atomic E-state index is 12.0. The molecule has 0 bridgehead atoms. The van der Waals surface area contributed by atoms with E-state index in [9.17, 15) is 19.8 Å². The van der Waals surface area contributed by atoms with Gasteiger partial charge in [-0.15, -0.1) is 0 Å². The third-order valence-electron chi connectivity index (χ3n) is 5.00. The molecule has 0 aromatic heterocycles. The molecule has 2 atom stereocenters. The second-order valence-electron chi connectivity index (χ2n) is 9.32. The van der Waals surface area contributed by atoms with E-state index in [2.05, 4.69) is 6.92 Å². The summed E-state index contributed by atoms with van der Waals surface area (Å²) in [7, 11) is 5.80. The Hall–Kier alpha value is -1.14. The van der Waals surface area contributed by atoms with Gasteiger partial charge in [0.2, 0.25) is 0 Å². The van der Waals surface area contributed by atoms with Gasteiger partial charge in [-0.25, -0.2) is 0 Å². The van der Waals surface area contributed by atoms with Gasteiger partial charge in [-0.2, -0.15) is 0 Å². The molecule has 0 radical (unpaired) electrons. The van der Waals surface area contributed by atoms with E-state index in [1.165, 1.54) is 19.3 Å². The highest BCUT2D eigenvalue weighted by Crippen LogP contribution is 2.14. The van der Waals surface area contributed by atoms with Gasteiger partial charge in [-0.05, 0) is 19.3 Å². The van der Waals surface area contributed by atoms with E-state index in [4.69, 9.17) is 4.74 Å². The van der Waals surface area contributed by atoms with Crippen molar-refractivity contribution in [3.05, 3.63) is 0 Å². The molecular formula is C23H45NO5. The van der Waals surface area contributed by atoms with Crippen molar-refractivity contribution in [1.29, 1.82) is 0 Å². The minimum absolute atomic E-state index is 0.151. The molecule has 0 rings (SSSR count). The lowest BCUT2D eigenvalue weighted by Crippen LogP contribution is -2.45. The summed E-state index contributed by atoms with van der Waals surface area (Å²) in [6.45, 7) is 2.64. The molecule has 1 N–H and O–H groups in total. The molecule has 0 fully saturated rings. The molecule has 0 aliphatic rings. The molecular weight excluding hydrogens is 370 g/mol. The number of unbranched alkanes of at least 4 members (excludes halogenated alkanes) is 8. The molecule has 0 saturated heterocycles. The number of hydrogen-bond donors (Lipinski definition) is 1. The van der Waals surface area contributed by atoms with Gasteiger partial charge in [-0.3, -0.25) is 4.79 Å². The Morgan fingerprint density at radius 3 is 1.93 bits per heavy atom. The fourth-order valence-corrected chi connectivity index (χ4v) is 3.49. The van der Waals surface area contributed by atoms with E-state index >= 15 is 0 Å². The summed E-state index contributed by atoms with van der Waals surface area (Å²) in [6, 6.07) is 0. The number of esters is 1. The summed E-state index contributed by atoms with van der Waals surface area (Å²) < 4.78 is 5.88. The number of likely N-dealkylation sites (N-methyl/N-ethyl adjacent to an activating group) is 1. The first kappa shape index (κ1) is 27.9. The highest BCUT2D eigenvalue weighted by Gasteiger charge is 2.22. The molecule has 0 saturated carbocycles. The lowest BCUT2D eigenvalue weighted by molar-refractivity contribution is -0.873. The van der Waals surface area contributed by atoms with Crippen LogP contribution in [-0.2, 0) is 14.3 Å². The number of aliphatic carboxylic acids is 1. The number of aliphatic hydroxyl groups is 1. The van der Waals surface area contributed by atoms with Gasteiger partial charge in [0.05, 0.1) is 27.2 Å². The standard InChI is InChI=1S/C23H45NO5/c1-5-6-7-12-15-20(25)16-13-10-8-9-11-14-17-23(28)29-21(18-22(26)27)19-24(2,3)4/h20-21,25H,5-19H2,1-4H3. The summed E-state index contributed by atoms with van der Waals surface area (Å²) in [5.74, 6) is -1.52. The Morgan fingerprint density at radius 2 is 1.41 bits per heavy atom. The van der Waals surface area contributed by atoms with Crippen molar-refractivity contribution in [2.75, 3.05) is 27.7 Å². The number of nitrogens with zero attached hydrogens (tertiary/aromatic N) is 1. The number of carbonyl (C=O) groups is 2. The van der Waals surface area contributed by atoms with Crippen LogP contribution in [0.15, 0.2) is 0 Å². The second-order valence-corrected chi connectivity index (χ2v) is 9.32. The predicted octanol–water partition coefficient (Wildman–Crippen LogP) is 3.20. The number of carboxylic acid groups (broad SMARTS) is 1. The van der Waals surface area contributed by atoms with Gasteiger partial charge in [-0.1, -0.05) is 64.7 Å². The summed E-state index contributed by atoms with van der Waals surface area (Å²) >= 11 is 0. The Labute approximate surface area is 178 Å². The molecule has 2 unspecified atom stereocenters. The smallest absolute Gasteiger partial charge is 0.306 e. The fraction of sp³-hybridized carbons (Fsp3) is 0.913. The van der Waals surface area contributed by atoms with E-state index in [0.29, 0.717) is 17.4 Å². The van der Waals surface area contributed by atoms with E-state index < -0.39 is 12.1 Å². The molecule has 0 aromatic rings. The third-order valence-corrected chi connectivity index (χ3v) is 5.00. The number of ether oxygens (including phenoxy) is 1. The van der Waals surface area contributed by atoms with Crippen LogP contribution in [0.25, 0.3) is 0 Å². The number of aliphatic hydroxyl groups excluding tert-OH is 1. The average Bonchev–Trinajstić information content (AvgIpc) is 2.58. The number of rotatable bonds is 19. The van der Waals surface area contributed by atoms with Crippen LogP contribution >= 0.6 is 0 Å². The quantitative estimate of drug-likeness (QED) is 0.199. The van der Waals surface area contributed by atoms with Gasteiger partial charge < -0.3 is 24.2 Å². The van der Waals surface area contributed by atoms with Crippen LogP contribution in [0, 0.1) is 0 Å². The number of carboxylic acids is 1. The summed E-state index contributed by atoms with van der Waals surface area (Å²) in [5, 5.41) is 20.8. The molecule has 0 aromatic carbocycles. The maximum Gasteiger partial charge on any atom is 0.306 e. The van der Waals surface area contributed by atoms with Crippen molar-refractivity contribution in [2.24, 2.45) is 0 Å². The monoisotopic (exact) mass is 415 g/mol. The van der Waals surface area contributed by atoms with Gasteiger partial charge in [0.25, 0.3) is 0 Å². The first-order chi connectivity index (χ1) is 13.6. The van der Waals surface area contributed by atoms with E-state index in [0.717, 1.165) is 57.8 Å².